The Morgan fingerprint density at radius 2 is 1.33 bits per heavy atom. The summed E-state index contributed by atoms with van der Waals surface area (Å²) in [5, 5.41) is 5.67. The van der Waals surface area contributed by atoms with Crippen molar-refractivity contribution in [1.29, 1.82) is 0 Å². The average molecular weight is 407 g/mol. The summed E-state index contributed by atoms with van der Waals surface area (Å²) in [7, 11) is 0. The molecule has 0 atom stereocenters. The van der Waals surface area contributed by atoms with E-state index in [0.717, 1.165) is 56.1 Å². The molecule has 2 aromatic carbocycles. The molecule has 1 aliphatic heterocycles. The number of piperazine rings is 1. The van der Waals surface area contributed by atoms with Crippen LogP contribution in [-0.2, 0) is 4.79 Å². The van der Waals surface area contributed by atoms with E-state index in [1.165, 1.54) is 19.3 Å². The summed E-state index contributed by atoms with van der Waals surface area (Å²) in [6.45, 7) is 3.27. The lowest BCUT2D eigenvalue weighted by Crippen LogP contribution is -2.50. The molecule has 6 heteroatoms. The quantitative estimate of drug-likeness (QED) is 0.782. The van der Waals surface area contributed by atoms with Crippen molar-refractivity contribution in [2.75, 3.05) is 41.7 Å². The molecule has 0 spiro atoms. The van der Waals surface area contributed by atoms with E-state index in [0.29, 0.717) is 5.91 Å². The number of rotatable bonds is 4. The summed E-state index contributed by atoms with van der Waals surface area (Å²) in [5.74, 6) is 0.607. The first kappa shape index (κ1) is 20.3. The number of anilines is 3. The van der Waals surface area contributed by atoms with Crippen LogP contribution < -0.4 is 15.5 Å². The van der Waals surface area contributed by atoms with Gasteiger partial charge in [-0.1, -0.05) is 37.5 Å². The zero-order chi connectivity index (χ0) is 20.8. The van der Waals surface area contributed by atoms with E-state index in [1.54, 1.807) is 0 Å². The monoisotopic (exact) mass is 406 g/mol. The zero-order valence-corrected chi connectivity index (χ0v) is 17.3. The second kappa shape index (κ2) is 9.65. The largest absolute Gasteiger partial charge is 0.368 e. The Bertz CT molecular complexity index is 839. The van der Waals surface area contributed by atoms with Crippen LogP contribution in [0.25, 0.3) is 0 Å². The van der Waals surface area contributed by atoms with Crippen molar-refractivity contribution in [2.45, 2.75) is 32.1 Å². The fourth-order valence-electron chi connectivity index (χ4n) is 4.36. The standard InChI is InChI=1S/C24H30N4O2/c29-23(19-7-3-1-4-8-19)28-17-15-27(16-18-28)22-13-11-21(12-14-22)26-24(30)25-20-9-5-2-6-10-20/h2,5-6,9-14,19H,1,3-4,7-8,15-18H2,(H2,25,26,30). The average Bonchev–Trinajstić information content (AvgIpc) is 2.80. The predicted octanol–water partition coefficient (Wildman–Crippen LogP) is 4.56. The molecule has 0 radical (unpaired) electrons. The van der Waals surface area contributed by atoms with Crippen molar-refractivity contribution in [3.8, 4) is 0 Å². The van der Waals surface area contributed by atoms with Crippen LogP contribution in [0.3, 0.4) is 0 Å². The van der Waals surface area contributed by atoms with E-state index >= 15 is 0 Å². The van der Waals surface area contributed by atoms with Crippen molar-refractivity contribution < 1.29 is 9.59 Å². The molecule has 3 amide bonds. The predicted molar refractivity (Wildman–Crippen MR) is 121 cm³/mol. The highest BCUT2D eigenvalue weighted by molar-refractivity contribution is 5.99. The van der Waals surface area contributed by atoms with E-state index in [-0.39, 0.29) is 11.9 Å². The Morgan fingerprint density at radius 3 is 1.97 bits per heavy atom. The molecule has 0 aromatic heterocycles. The van der Waals surface area contributed by atoms with Crippen LogP contribution >= 0.6 is 0 Å². The van der Waals surface area contributed by atoms with Crippen LogP contribution in [0.4, 0.5) is 21.9 Å². The van der Waals surface area contributed by atoms with E-state index in [1.807, 2.05) is 54.6 Å². The van der Waals surface area contributed by atoms with E-state index in [4.69, 9.17) is 0 Å². The van der Waals surface area contributed by atoms with Crippen LogP contribution in [-0.4, -0.2) is 43.0 Å². The zero-order valence-electron chi connectivity index (χ0n) is 17.3. The molecule has 158 valence electrons. The van der Waals surface area contributed by atoms with Crippen molar-refractivity contribution in [1.82, 2.24) is 4.90 Å². The van der Waals surface area contributed by atoms with Gasteiger partial charge in [0.2, 0.25) is 5.91 Å². The number of amides is 3. The highest BCUT2D eigenvalue weighted by Gasteiger charge is 2.28. The highest BCUT2D eigenvalue weighted by Crippen LogP contribution is 2.26. The summed E-state index contributed by atoms with van der Waals surface area (Å²) in [6.07, 6.45) is 5.79. The first-order valence-corrected chi connectivity index (χ1v) is 11.0. The molecule has 2 fully saturated rings. The van der Waals surface area contributed by atoms with Gasteiger partial charge in [-0.25, -0.2) is 4.79 Å². The third kappa shape index (κ3) is 5.12. The van der Waals surface area contributed by atoms with Gasteiger partial charge < -0.3 is 20.4 Å². The molecule has 2 aliphatic rings. The van der Waals surface area contributed by atoms with Crippen molar-refractivity contribution >= 4 is 29.0 Å². The second-order valence-electron chi connectivity index (χ2n) is 8.14. The number of para-hydroxylation sites is 1. The van der Waals surface area contributed by atoms with Gasteiger partial charge in [-0.3, -0.25) is 4.79 Å². The Labute approximate surface area is 178 Å². The van der Waals surface area contributed by atoms with Gasteiger partial charge in [0, 0.05) is 49.2 Å². The van der Waals surface area contributed by atoms with Crippen molar-refractivity contribution in [3.63, 3.8) is 0 Å². The molecule has 30 heavy (non-hydrogen) atoms. The second-order valence-corrected chi connectivity index (χ2v) is 8.14. The number of hydrogen-bond acceptors (Lipinski definition) is 3. The third-order valence-electron chi connectivity index (χ3n) is 6.07. The van der Waals surface area contributed by atoms with Crippen LogP contribution in [0.5, 0.6) is 0 Å². The lowest BCUT2D eigenvalue weighted by atomic mass is 9.88. The topological polar surface area (TPSA) is 64.7 Å². The van der Waals surface area contributed by atoms with Crippen LogP contribution in [0.2, 0.25) is 0 Å². The molecule has 2 N–H and O–H groups in total. The van der Waals surface area contributed by atoms with Crippen LogP contribution in [0.15, 0.2) is 54.6 Å². The smallest absolute Gasteiger partial charge is 0.323 e. The van der Waals surface area contributed by atoms with Gasteiger partial charge in [0.1, 0.15) is 0 Å². The summed E-state index contributed by atoms with van der Waals surface area (Å²) in [5.41, 5.74) is 2.62. The van der Waals surface area contributed by atoms with Gasteiger partial charge in [0.25, 0.3) is 0 Å². The van der Waals surface area contributed by atoms with Gasteiger partial charge in [-0.05, 0) is 49.2 Å². The molecule has 0 bridgehead atoms. The Balaban J connectivity index is 1.26. The summed E-state index contributed by atoms with van der Waals surface area (Å²) in [6, 6.07) is 17.0. The van der Waals surface area contributed by atoms with Gasteiger partial charge in [-0.2, -0.15) is 0 Å². The maximum absolute atomic E-state index is 12.7. The summed E-state index contributed by atoms with van der Waals surface area (Å²) < 4.78 is 0. The number of urea groups is 1. The molecular weight excluding hydrogens is 376 g/mol. The third-order valence-corrected chi connectivity index (χ3v) is 6.07. The highest BCUT2D eigenvalue weighted by atomic mass is 16.2. The number of nitrogens with one attached hydrogen (secondary N) is 2. The Kier molecular flexibility index (Phi) is 6.52. The number of benzene rings is 2. The lowest BCUT2D eigenvalue weighted by molar-refractivity contribution is -0.136. The number of carbonyl (C=O) groups excluding carboxylic acids is 2. The molecular formula is C24H30N4O2. The van der Waals surface area contributed by atoms with Gasteiger partial charge in [0.15, 0.2) is 0 Å². The molecule has 0 unspecified atom stereocenters. The van der Waals surface area contributed by atoms with Gasteiger partial charge in [0.05, 0.1) is 0 Å². The first-order valence-electron chi connectivity index (χ1n) is 11.0. The van der Waals surface area contributed by atoms with Crippen LogP contribution in [0.1, 0.15) is 32.1 Å². The molecule has 1 saturated heterocycles. The van der Waals surface area contributed by atoms with Crippen molar-refractivity contribution in [3.05, 3.63) is 54.6 Å². The molecule has 1 heterocycles. The fraction of sp³-hybridized carbons (Fsp3) is 0.417. The molecule has 4 rings (SSSR count). The number of hydrogen-bond donors (Lipinski definition) is 2. The molecule has 1 aliphatic carbocycles. The minimum atomic E-state index is -0.260. The maximum Gasteiger partial charge on any atom is 0.323 e. The van der Waals surface area contributed by atoms with Crippen molar-refractivity contribution in [2.24, 2.45) is 5.92 Å². The SMILES string of the molecule is O=C(Nc1ccccc1)Nc1ccc(N2CCN(C(=O)C3CCCCC3)CC2)cc1. The summed E-state index contributed by atoms with van der Waals surface area (Å²) >= 11 is 0. The number of nitrogens with zero attached hydrogens (tertiary/aromatic N) is 2. The number of carbonyl (C=O) groups is 2. The Hall–Kier alpha value is -3.02. The van der Waals surface area contributed by atoms with E-state index in [2.05, 4.69) is 20.4 Å². The first-order chi connectivity index (χ1) is 14.7. The summed E-state index contributed by atoms with van der Waals surface area (Å²) in [4.78, 5) is 29.2. The van der Waals surface area contributed by atoms with E-state index < -0.39 is 0 Å². The fourth-order valence-corrected chi connectivity index (χ4v) is 4.36. The minimum absolute atomic E-state index is 0.248. The normalized spacial score (nSPS) is 17.5. The minimum Gasteiger partial charge on any atom is -0.368 e. The van der Waals surface area contributed by atoms with Gasteiger partial charge in [-0.15, -0.1) is 0 Å². The van der Waals surface area contributed by atoms with E-state index in [9.17, 15) is 9.59 Å². The maximum atomic E-state index is 12.7. The molecule has 1 saturated carbocycles. The van der Waals surface area contributed by atoms with Crippen LogP contribution in [0, 0.1) is 5.92 Å². The lowest BCUT2D eigenvalue weighted by Gasteiger charge is -2.38. The molecule has 2 aromatic rings. The van der Waals surface area contributed by atoms with Gasteiger partial charge >= 0.3 is 6.03 Å². The molecule has 6 nitrogen and oxygen atoms in total. The Morgan fingerprint density at radius 1 is 0.733 bits per heavy atom.